The molecule has 1 aromatic rings. The number of benzene rings is 1. The smallest absolute Gasteiger partial charge is 0.328 e. The van der Waals surface area contributed by atoms with Crippen LogP contribution in [0.25, 0.3) is 0 Å². The van der Waals surface area contributed by atoms with E-state index in [1.165, 1.54) is 38.1 Å². The quantitative estimate of drug-likeness (QED) is 0.289. The van der Waals surface area contributed by atoms with Gasteiger partial charge < -0.3 is 24.8 Å². The van der Waals surface area contributed by atoms with Crippen LogP contribution in [-0.2, 0) is 44.6 Å². The molecule has 0 heterocycles. The summed E-state index contributed by atoms with van der Waals surface area (Å²) in [4.78, 5) is 61.2. The molecule has 0 bridgehead atoms. The second-order valence-electron chi connectivity index (χ2n) is 6.98. The van der Waals surface area contributed by atoms with Gasteiger partial charge in [-0.3, -0.25) is 19.2 Å². The lowest BCUT2D eigenvalue weighted by molar-refractivity contribution is -0.163. The van der Waals surface area contributed by atoms with Crippen molar-refractivity contribution in [2.45, 2.75) is 32.4 Å². The minimum absolute atomic E-state index is 0.00853. The van der Waals surface area contributed by atoms with Crippen LogP contribution in [0.5, 0.6) is 0 Å². The third-order valence-electron chi connectivity index (χ3n) is 4.76. The van der Waals surface area contributed by atoms with Crippen LogP contribution in [0.15, 0.2) is 24.3 Å². The summed E-state index contributed by atoms with van der Waals surface area (Å²) in [7, 11) is 3.20. The van der Waals surface area contributed by atoms with Crippen LogP contribution in [0.3, 0.4) is 0 Å². The number of ether oxygens (including phenoxy) is 3. The molecule has 0 saturated heterocycles. The number of rotatable bonds is 10. The molecule has 0 radical (unpaired) electrons. The lowest BCUT2D eigenvalue weighted by atomic mass is 9.87. The molecule has 0 spiro atoms. The summed E-state index contributed by atoms with van der Waals surface area (Å²) in [6.07, 6.45) is -0.00853. The highest BCUT2D eigenvalue weighted by atomic mass is 19.1. The molecule has 0 aliphatic rings. The Kier molecular flexibility index (Phi) is 10.3. The topological polar surface area (TPSA) is 137 Å². The average Bonchev–Trinajstić information content (AvgIpc) is 2.76. The lowest BCUT2D eigenvalue weighted by Crippen LogP contribution is -2.56. The Labute approximate surface area is 184 Å². The van der Waals surface area contributed by atoms with Crippen LogP contribution in [-0.4, -0.2) is 63.1 Å². The van der Waals surface area contributed by atoms with E-state index >= 15 is 0 Å². The molecule has 32 heavy (non-hydrogen) atoms. The van der Waals surface area contributed by atoms with E-state index in [0.29, 0.717) is 5.56 Å². The normalized spacial score (nSPS) is 13.3. The number of nitrogens with one attached hydrogen (secondary N) is 2. The number of amides is 2. The Morgan fingerprint density at radius 1 is 0.875 bits per heavy atom. The van der Waals surface area contributed by atoms with Crippen molar-refractivity contribution in [3.05, 3.63) is 35.6 Å². The van der Waals surface area contributed by atoms with E-state index in [0.717, 1.165) is 21.3 Å². The molecule has 2 N–H and O–H groups in total. The molecule has 3 atom stereocenters. The molecule has 176 valence electrons. The zero-order chi connectivity index (χ0) is 24.4. The van der Waals surface area contributed by atoms with Crippen LogP contribution in [0.2, 0.25) is 0 Å². The largest absolute Gasteiger partial charge is 0.468 e. The standard InChI is InChI=1S/C21H27FN2O8/c1-11(16(19(27)30-3)20(28)31-4)17(21(29)32-5)24-18(26)15(23-12(2)25)10-13-6-8-14(22)9-7-13/h6-9,11,15-17H,10H2,1-5H3,(H,23,25)(H,24,26)/t11-,15+,17+/m1/s1. The van der Waals surface area contributed by atoms with Gasteiger partial charge in [0, 0.05) is 19.3 Å². The summed E-state index contributed by atoms with van der Waals surface area (Å²) in [6.45, 7) is 2.57. The van der Waals surface area contributed by atoms with Gasteiger partial charge in [0.05, 0.1) is 21.3 Å². The molecule has 0 fully saturated rings. The first-order valence-corrected chi connectivity index (χ1v) is 9.61. The second-order valence-corrected chi connectivity index (χ2v) is 6.98. The summed E-state index contributed by atoms with van der Waals surface area (Å²) in [5.41, 5.74) is 0.546. The van der Waals surface area contributed by atoms with E-state index in [9.17, 15) is 28.4 Å². The van der Waals surface area contributed by atoms with E-state index < -0.39 is 59.5 Å². The van der Waals surface area contributed by atoms with E-state index in [1.807, 2.05) is 0 Å². The van der Waals surface area contributed by atoms with Gasteiger partial charge >= 0.3 is 17.9 Å². The maximum atomic E-state index is 13.2. The SMILES string of the molecule is COC(=O)C(C(=O)OC)[C@@H](C)[C@H](NC(=O)[C@H](Cc1ccc(F)cc1)NC(C)=O)C(=O)OC. The van der Waals surface area contributed by atoms with Crippen LogP contribution in [0.1, 0.15) is 19.4 Å². The molecule has 0 aliphatic carbocycles. The minimum Gasteiger partial charge on any atom is -0.468 e. The van der Waals surface area contributed by atoms with E-state index in [1.54, 1.807) is 0 Å². The van der Waals surface area contributed by atoms with E-state index in [-0.39, 0.29) is 6.42 Å². The summed E-state index contributed by atoms with van der Waals surface area (Å²) in [5.74, 6) is -7.25. The number of hydrogen-bond acceptors (Lipinski definition) is 8. The number of methoxy groups -OCH3 is 3. The molecular weight excluding hydrogens is 427 g/mol. The first-order valence-electron chi connectivity index (χ1n) is 9.61. The zero-order valence-corrected chi connectivity index (χ0v) is 18.5. The van der Waals surface area contributed by atoms with E-state index in [2.05, 4.69) is 20.1 Å². The molecule has 11 heteroatoms. The van der Waals surface area contributed by atoms with Crippen LogP contribution in [0.4, 0.5) is 4.39 Å². The van der Waals surface area contributed by atoms with Crippen molar-refractivity contribution in [2.75, 3.05) is 21.3 Å². The van der Waals surface area contributed by atoms with E-state index in [4.69, 9.17) is 4.74 Å². The predicted molar refractivity (Wildman–Crippen MR) is 108 cm³/mol. The van der Waals surface area contributed by atoms with Gasteiger partial charge in [-0.2, -0.15) is 0 Å². The molecular formula is C21H27FN2O8. The van der Waals surface area contributed by atoms with Gasteiger partial charge in [-0.1, -0.05) is 19.1 Å². The van der Waals surface area contributed by atoms with Gasteiger partial charge in [0.2, 0.25) is 11.8 Å². The number of hydrogen-bond donors (Lipinski definition) is 2. The van der Waals surface area contributed by atoms with Gasteiger partial charge in [0.1, 0.15) is 17.9 Å². The Balaban J connectivity index is 3.19. The number of halogens is 1. The van der Waals surface area contributed by atoms with Gasteiger partial charge in [-0.15, -0.1) is 0 Å². The fourth-order valence-corrected chi connectivity index (χ4v) is 3.07. The molecule has 0 unspecified atom stereocenters. The van der Waals surface area contributed by atoms with Crippen molar-refractivity contribution in [3.63, 3.8) is 0 Å². The third kappa shape index (κ3) is 7.33. The molecule has 1 aromatic carbocycles. The van der Waals surface area contributed by atoms with Crippen molar-refractivity contribution in [3.8, 4) is 0 Å². The second kappa shape index (κ2) is 12.4. The monoisotopic (exact) mass is 454 g/mol. The Morgan fingerprint density at radius 2 is 1.38 bits per heavy atom. The predicted octanol–water partition coefficient (Wildman–Crippen LogP) is 0.129. The highest BCUT2D eigenvalue weighted by molar-refractivity contribution is 5.97. The number of esters is 3. The number of carbonyl (C=O) groups is 5. The first-order chi connectivity index (χ1) is 15.0. The summed E-state index contributed by atoms with van der Waals surface area (Å²) >= 11 is 0. The van der Waals surface area contributed by atoms with Crippen molar-refractivity contribution >= 4 is 29.7 Å². The molecule has 1 rings (SSSR count). The summed E-state index contributed by atoms with van der Waals surface area (Å²) in [6, 6.07) is 2.72. The Morgan fingerprint density at radius 3 is 1.81 bits per heavy atom. The van der Waals surface area contributed by atoms with Crippen LogP contribution >= 0.6 is 0 Å². The van der Waals surface area contributed by atoms with Gasteiger partial charge in [0.15, 0.2) is 5.92 Å². The summed E-state index contributed by atoms with van der Waals surface area (Å²) < 4.78 is 27.1. The maximum absolute atomic E-state index is 13.2. The van der Waals surface area contributed by atoms with Crippen LogP contribution in [0, 0.1) is 17.7 Å². The van der Waals surface area contributed by atoms with Gasteiger partial charge in [0.25, 0.3) is 0 Å². The average molecular weight is 454 g/mol. The van der Waals surface area contributed by atoms with Crippen molar-refractivity contribution in [1.29, 1.82) is 0 Å². The van der Waals surface area contributed by atoms with Crippen molar-refractivity contribution < 1.29 is 42.6 Å². The van der Waals surface area contributed by atoms with Crippen molar-refractivity contribution in [1.82, 2.24) is 10.6 Å². The summed E-state index contributed by atoms with van der Waals surface area (Å²) in [5, 5.41) is 4.89. The lowest BCUT2D eigenvalue weighted by Gasteiger charge is -2.28. The van der Waals surface area contributed by atoms with Gasteiger partial charge in [-0.25, -0.2) is 9.18 Å². The third-order valence-corrected chi connectivity index (χ3v) is 4.76. The van der Waals surface area contributed by atoms with Crippen molar-refractivity contribution in [2.24, 2.45) is 11.8 Å². The minimum atomic E-state index is -1.52. The Hall–Kier alpha value is -3.50. The molecule has 0 aliphatic heterocycles. The molecule has 10 nitrogen and oxygen atoms in total. The molecule has 0 aromatic heterocycles. The molecule has 0 saturated carbocycles. The molecule has 2 amide bonds. The Bertz CT molecular complexity index is 827. The van der Waals surface area contributed by atoms with Gasteiger partial charge in [-0.05, 0) is 17.7 Å². The highest BCUT2D eigenvalue weighted by Gasteiger charge is 2.43. The number of carbonyl (C=O) groups excluding carboxylic acids is 5. The first kappa shape index (κ1) is 26.5. The maximum Gasteiger partial charge on any atom is 0.328 e. The fourth-order valence-electron chi connectivity index (χ4n) is 3.07. The fraction of sp³-hybridized carbons (Fsp3) is 0.476. The highest BCUT2D eigenvalue weighted by Crippen LogP contribution is 2.21. The van der Waals surface area contributed by atoms with Crippen LogP contribution < -0.4 is 10.6 Å². The zero-order valence-electron chi connectivity index (χ0n) is 18.5.